The molecule has 26 heavy (non-hydrogen) atoms. The molecule has 0 unspecified atom stereocenters. The fraction of sp³-hybridized carbons (Fsp3) is 0.333. The molecule has 2 N–H and O–H groups in total. The van der Waals surface area contributed by atoms with Crippen LogP contribution in [0.4, 0.5) is 10.5 Å². The van der Waals surface area contributed by atoms with Crippen molar-refractivity contribution in [2.24, 2.45) is 7.05 Å². The van der Waals surface area contributed by atoms with Gasteiger partial charge in [-0.3, -0.25) is 19.2 Å². The first-order valence-corrected chi connectivity index (χ1v) is 8.47. The van der Waals surface area contributed by atoms with E-state index in [1.165, 1.54) is 4.90 Å². The number of nitrogens with zero attached hydrogens (tertiary/aromatic N) is 3. The summed E-state index contributed by atoms with van der Waals surface area (Å²) in [5.41, 5.74) is 1.66. The van der Waals surface area contributed by atoms with Gasteiger partial charge >= 0.3 is 6.03 Å². The van der Waals surface area contributed by atoms with Crippen molar-refractivity contribution in [1.29, 1.82) is 0 Å². The normalized spacial score (nSPS) is 16.7. The number of imide groups is 1. The molecule has 1 saturated heterocycles. The molecule has 1 aromatic heterocycles. The first-order chi connectivity index (χ1) is 12.5. The summed E-state index contributed by atoms with van der Waals surface area (Å²) in [5, 5.41) is 9.33. The number of carbonyl (C=O) groups is 3. The Labute approximate surface area is 151 Å². The number of aromatic nitrogens is 2. The lowest BCUT2D eigenvalue weighted by molar-refractivity contribution is -0.127. The standard InChI is InChI=1S/C18H21N5O3/c1-22-12-14(11-19-22)20-16(24)8-7-15-17(25)23(18(26)21-15)10-9-13-5-3-2-4-6-13/h2-6,11-12,15H,7-10H2,1H3,(H,20,24)(H,21,26)/t15-/m1/s1. The first-order valence-electron chi connectivity index (χ1n) is 8.47. The second-order valence-corrected chi connectivity index (χ2v) is 6.22. The van der Waals surface area contributed by atoms with Gasteiger partial charge in [0.15, 0.2) is 0 Å². The summed E-state index contributed by atoms with van der Waals surface area (Å²) in [4.78, 5) is 37.6. The van der Waals surface area contributed by atoms with E-state index in [0.29, 0.717) is 18.7 Å². The first kappa shape index (κ1) is 17.7. The number of hydrogen-bond donors (Lipinski definition) is 2. The van der Waals surface area contributed by atoms with E-state index in [1.54, 1.807) is 24.1 Å². The van der Waals surface area contributed by atoms with Crippen LogP contribution in [0.1, 0.15) is 18.4 Å². The van der Waals surface area contributed by atoms with E-state index < -0.39 is 12.1 Å². The molecule has 8 nitrogen and oxygen atoms in total. The Balaban J connectivity index is 1.48. The number of hydrogen-bond acceptors (Lipinski definition) is 4. The summed E-state index contributed by atoms with van der Waals surface area (Å²) in [5.74, 6) is -0.497. The van der Waals surface area contributed by atoms with Gasteiger partial charge in [-0.1, -0.05) is 30.3 Å². The van der Waals surface area contributed by atoms with Crippen molar-refractivity contribution < 1.29 is 14.4 Å². The molecule has 3 rings (SSSR count). The molecule has 1 aromatic carbocycles. The van der Waals surface area contributed by atoms with Crippen LogP contribution in [0, 0.1) is 0 Å². The van der Waals surface area contributed by atoms with Crippen molar-refractivity contribution in [2.75, 3.05) is 11.9 Å². The Morgan fingerprint density at radius 2 is 2.04 bits per heavy atom. The number of amides is 4. The summed E-state index contributed by atoms with van der Waals surface area (Å²) in [7, 11) is 1.76. The van der Waals surface area contributed by atoms with Crippen molar-refractivity contribution in [1.82, 2.24) is 20.0 Å². The molecule has 2 heterocycles. The molecule has 0 spiro atoms. The van der Waals surface area contributed by atoms with E-state index in [2.05, 4.69) is 15.7 Å². The largest absolute Gasteiger partial charge is 0.326 e. The predicted octanol–water partition coefficient (Wildman–Crippen LogP) is 1.30. The van der Waals surface area contributed by atoms with Crippen LogP contribution in [0.5, 0.6) is 0 Å². The van der Waals surface area contributed by atoms with Crippen LogP contribution in [0.15, 0.2) is 42.7 Å². The molecule has 8 heteroatoms. The summed E-state index contributed by atoms with van der Waals surface area (Å²) in [6, 6.07) is 8.62. The number of nitrogens with one attached hydrogen (secondary N) is 2. The Morgan fingerprint density at radius 3 is 2.73 bits per heavy atom. The fourth-order valence-corrected chi connectivity index (χ4v) is 2.85. The highest BCUT2D eigenvalue weighted by Gasteiger charge is 2.37. The Bertz CT molecular complexity index is 802. The van der Waals surface area contributed by atoms with E-state index >= 15 is 0 Å². The zero-order chi connectivity index (χ0) is 18.5. The lowest BCUT2D eigenvalue weighted by Crippen LogP contribution is -2.33. The van der Waals surface area contributed by atoms with E-state index in [0.717, 1.165) is 5.56 Å². The van der Waals surface area contributed by atoms with E-state index in [4.69, 9.17) is 0 Å². The number of aryl methyl sites for hydroxylation is 1. The highest BCUT2D eigenvalue weighted by atomic mass is 16.2. The third-order valence-corrected chi connectivity index (χ3v) is 4.22. The minimum atomic E-state index is -0.655. The Kier molecular flexibility index (Phi) is 5.31. The maximum atomic E-state index is 12.4. The number of benzene rings is 1. The molecule has 2 aromatic rings. The predicted molar refractivity (Wildman–Crippen MR) is 95.3 cm³/mol. The molecular formula is C18H21N5O3. The zero-order valence-corrected chi connectivity index (χ0v) is 14.5. The van der Waals surface area contributed by atoms with Crippen molar-refractivity contribution in [2.45, 2.75) is 25.3 Å². The number of rotatable bonds is 7. The van der Waals surface area contributed by atoms with E-state index in [-0.39, 0.29) is 24.7 Å². The lowest BCUT2D eigenvalue weighted by atomic mass is 10.1. The summed E-state index contributed by atoms with van der Waals surface area (Å²) >= 11 is 0. The smallest absolute Gasteiger partial charge is 0.324 e. The molecule has 1 fully saturated rings. The quantitative estimate of drug-likeness (QED) is 0.732. The second-order valence-electron chi connectivity index (χ2n) is 6.22. The van der Waals surface area contributed by atoms with Crippen LogP contribution >= 0.6 is 0 Å². The molecule has 136 valence electrons. The molecule has 4 amide bonds. The molecule has 1 aliphatic rings. The van der Waals surface area contributed by atoms with Crippen molar-refractivity contribution in [3.05, 3.63) is 48.3 Å². The van der Waals surface area contributed by atoms with Crippen LogP contribution in [0.25, 0.3) is 0 Å². The van der Waals surface area contributed by atoms with Gasteiger partial charge in [0.05, 0.1) is 11.9 Å². The van der Waals surface area contributed by atoms with Gasteiger partial charge in [-0.15, -0.1) is 0 Å². The Hall–Kier alpha value is -3.16. The maximum Gasteiger partial charge on any atom is 0.324 e. The molecule has 0 saturated carbocycles. The number of carbonyl (C=O) groups excluding carboxylic acids is 3. The molecule has 0 bridgehead atoms. The monoisotopic (exact) mass is 355 g/mol. The fourth-order valence-electron chi connectivity index (χ4n) is 2.85. The summed E-state index contributed by atoms with van der Waals surface area (Å²) < 4.78 is 1.58. The van der Waals surface area contributed by atoms with Gasteiger partial charge in [-0.2, -0.15) is 5.10 Å². The van der Waals surface area contributed by atoms with Gasteiger partial charge in [0, 0.05) is 26.2 Å². The van der Waals surface area contributed by atoms with Crippen LogP contribution in [0.2, 0.25) is 0 Å². The van der Waals surface area contributed by atoms with Gasteiger partial charge < -0.3 is 10.6 Å². The SMILES string of the molecule is Cn1cc(NC(=O)CC[C@H]2NC(=O)N(CCc3ccccc3)C2=O)cn1. The highest BCUT2D eigenvalue weighted by Crippen LogP contribution is 2.13. The summed E-state index contributed by atoms with van der Waals surface area (Å²) in [6.45, 7) is 0.326. The van der Waals surface area contributed by atoms with Crippen molar-refractivity contribution in [3.8, 4) is 0 Å². The van der Waals surface area contributed by atoms with Crippen LogP contribution in [0.3, 0.4) is 0 Å². The minimum absolute atomic E-state index is 0.137. The zero-order valence-electron chi connectivity index (χ0n) is 14.5. The Morgan fingerprint density at radius 1 is 1.27 bits per heavy atom. The number of urea groups is 1. The van der Waals surface area contributed by atoms with Gasteiger partial charge in [0.25, 0.3) is 5.91 Å². The van der Waals surface area contributed by atoms with Gasteiger partial charge in [-0.05, 0) is 18.4 Å². The molecule has 1 aliphatic heterocycles. The van der Waals surface area contributed by atoms with E-state index in [1.807, 2.05) is 30.3 Å². The molecule has 0 radical (unpaired) electrons. The van der Waals surface area contributed by atoms with Gasteiger partial charge in [-0.25, -0.2) is 4.79 Å². The van der Waals surface area contributed by atoms with Crippen LogP contribution in [-0.2, 0) is 23.1 Å². The van der Waals surface area contributed by atoms with Gasteiger partial charge in [0.2, 0.25) is 5.91 Å². The molecular weight excluding hydrogens is 334 g/mol. The number of anilines is 1. The third kappa shape index (κ3) is 4.27. The average molecular weight is 355 g/mol. The third-order valence-electron chi connectivity index (χ3n) is 4.22. The van der Waals surface area contributed by atoms with Crippen molar-refractivity contribution in [3.63, 3.8) is 0 Å². The minimum Gasteiger partial charge on any atom is -0.326 e. The highest BCUT2D eigenvalue weighted by molar-refractivity contribution is 6.04. The van der Waals surface area contributed by atoms with Crippen LogP contribution in [-0.4, -0.2) is 45.1 Å². The maximum absolute atomic E-state index is 12.4. The van der Waals surface area contributed by atoms with Crippen LogP contribution < -0.4 is 10.6 Å². The molecule has 1 atom stereocenters. The summed E-state index contributed by atoms with van der Waals surface area (Å²) in [6.07, 6.45) is 4.24. The van der Waals surface area contributed by atoms with Gasteiger partial charge in [0.1, 0.15) is 6.04 Å². The lowest BCUT2D eigenvalue weighted by Gasteiger charge is -2.13. The second kappa shape index (κ2) is 7.81. The average Bonchev–Trinajstić information content (AvgIpc) is 3.15. The van der Waals surface area contributed by atoms with E-state index in [9.17, 15) is 14.4 Å². The topological polar surface area (TPSA) is 96.3 Å². The van der Waals surface area contributed by atoms with Crippen molar-refractivity contribution >= 4 is 23.5 Å². The molecule has 0 aliphatic carbocycles.